The van der Waals surface area contributed by atoms with Crippen LogP contribution in [0, 0.1) is 5.82 Å². The highest BCUT2D eigenvalue weighted by Crippen LogP contribution is 2.32. The van der Waals surface area contributed by atoms with E-state index in [0.717, 1.165) is 6.20 Å². The predicted octanol–water partition coefficient (Wildman–Crippen LogP) is 3.45. The first-order valence-corrected chi connectivity index (χ1v) is 13.7. The second-order valence-corrected chi connectivity index (χ2v) is 10.2. The maximum absolute atomic E-state index is 14.5. The van der Waals surface area contributed by atoms with Crippen LogP contribution in [0.15, 0.2) is 29.6 Å². The molecule has 13 nitrogen and oxygen atoms in total. The van der Waals surface area contributed by atoms with Crippen LogP contribution in [0.2, 0.25) is 0 Å². The summed E-state index contributed by atoms with van der Waals surface area (Å²) >= 11 is 0. The molecule has 0 amide bonds. The minimum Gasteiger partial charge on any atom is -0.473 e. The smallest absolute Gasteiger partial charge is 0.423 e. The van der Waals surface area contributed by atoms with E-state index < -0.39 is 91.2 Å². The number of aromatic nitrogens is 6. The molecule has 0 unspecified atom stereocenters. The van der Waals surface area contributed by atoms with Gasteiger partial charge in [-0.25, -0.2) is 19.6 Å². The van der Waals surface area contributed by atoms with Gasteiger partial charge in [0.1, 0.15) is 25.1 Å². The Balaban J connectivity index is 1.39. The Morgan fingerprint density at radius 3 is 2.25 bits per heavy atom. The van der Waals surface area contributed by atoms with E-state index in [2.05, 4.69) is 35.1 Å². The first kappa shape index (κ1) is 36.3. The van der Waals surface area contributed by atoms with Gasteiger partial charge in [-0.1, -0.05) is 0 Å². The van der Waals surface area contributed by atoms with Crippen molar-refractivity contribution in [3.63, 3.8) is 0 Å². The molecule has 1 aliphatic rings. The molecule has 23 heteroatoms. The number of hydrogen-bond acceptors (Lipinski definition) is 12. The zero-order valence-corrected chi connectivity index (χ0v) is 24.4. The van der Waals surface area contributed by atoms with Gasteiger partial charge < -0.3 is 29.7 Å². The lowest BCUT2D eigenvalue weighted by Crippen LogP contribution is -2.54. The average molecular weight is 706 g/mol. The number of halogens is 10. The van der Waals surface area contributed by atoms with Gasteiger partial charge in [0.15, 0.2) is 0 Å². The number of β-amino-alcohol motifs (C(OH)–C–C–N with tert-alkyl or cyclic N) is 1. The number of rotatable bonds is 11. The summed E-state index contributed by atoms with van der Waals surface area (Å²) in [7, 11) is 0. The molecule has 4 rings (SSSR count). The van der Waals surface area contributed by atoms with Gasteiger partial charge in [-0.15, -0.1) is 0 Å². The van der Waals surface area contributed by atoms with Crippen molar-refractivity contribution in [2.24, 2.45) is 0 Å². The zero-order valence-electron chi connectivity index (χ0n) is 24.4. The summed E-state index contributed by atoms with van der Waals surface area (Å²) in [5.41, 5.74) is -5.26. The Morgan fingerprint density at radius 2 is 1.65 bits per heavy atom. The van der Waals surface area contributed by atoms with Crippen LogP contribution in [0.4, 0.5) is 61.5 Å². The van der Waals surface area contributed by atoms with E-state index in [9.17, 15) is 53.8 Å². The van der Waals surface area contributed by atoms with Crippen molar-refractivity contribution in [1.29, 1.82) is 0 Å². The molecule has 3 aromatic rings. The molecule has 2 atom stereocenters. The largest absolute Gasteiger partial charge is 0.473 e. The number of anilines is 3. The first-order chi connectivity index (χ1) is 22.3. The molecule has 0 radical (unpaired) electrons. The van der Waals surface area contributed by atoms with E-state index in [1.165, 1.54) is 16.7 Å². The summed E-state index contributed by atoms with van der Waals surface area (Å²) in [6, 6.07) is -1.04. The molecule has 0 bridgehead atoms. The highest BCUT2D eigenvalue weighted by Gasteiger charge is 2.39. The second-order valence-electron chi connectivity index (χ2n) is 10.2. The van der Waals surface area contributed by atoms with Crippen LogP contribution in [-0.4, -0.2) is 86.1 Å². The predicted molar refractivity (Wildman–Crippen MR) is 143 cm³/mol. The van der Waals surface area contributed by atoms with E-state index in [-0.39, 0.29) is 36.2 Å². The molecular formula is C25H25F10N9O4. The first-order valence-electron chi connectivity index (χ1n) is 13.7. The Morgan fingerprint density at radius 1 is 0.979 bits per heavy atom. The molecule has 4 heterocycles. The van der Waals surface area contributed by atoms with Crippen molar-refractivity contribution in [2.75, 3.05) is 48.0 Å². The van der Waals surface area contributed by atoms with Gasteiger partial charge in [-0.05, 0) is 6.92 Å². The average Bonchev–Trinajstić information content (AvgIpc) is 2.98. The fourth-order valence-corrected chi connectivity index (χ4v) is 4.21. The molecular weight excluding hydrogens is 680 g/mol. The van der Waals surface area contributed by atoms with E-state index >= 15 is 0 Å². The van der Waals surface area contributed by atoms with Gasteiger partial charge in [0, 0.05) is 25.5 Å². The topological polar surface area (TPSA) is 144 Å². The van der Waals surface area contributed by atoms with E-state index in [1.807, 2.05) is 0 Å². The van der Waals surface area contributed by atoms with Gasteiger partial charge >= 0.3 is 18.5 Å². The molecule has 0 aliphatic carbocycles. The van der Waals surface area contributed by atoms with Crippen molar-refractivity contribution < 1.29 is 58.5 Å². The third kappa shape index (κ3) is 9.29. The fraction of sp³-hybridized carbons (Fsp3) is 0.520. The van der Waals surface area contributed by atoms with Gasteiger partial charge in [-0.3, -0.25) is 4.79 Å². The fourth-order valence-electron chi connectivity index (χ4n) is 4.21. The summed E-state index contributed by atoms with van der Waals surface area (Å²) in [5, 5.41) is 16.5. The molecule has 1 fully saturated rings. The quantitative estimate of drug-likeness (QED) is 0.223. The summed E-state index contributed by atoms with van der Waals surface area (Å²) in [4.78, 5) is 30.2. The van der Waals surface area contributed by atoms with Crippen LogP contribution in [-0.2, 0) is 23.8 Å². The standard InChI is InChI=1S/C25H25F10N9O4/c1-13(40-16-9-39-44(12-47-5-2-23(27,28)29)20(46)18(16)25(33,34)35)11-48-19-15(26)8-38-22(41-19)43-4-3-42(10-17(43)45)21-36-6-14(7-37-21)24(30,31)32/h6-9,13,17,40,45H,2-5,10-12H2,1H3/t13-,17-/m0/s1. The lowest BCUT2D eigenvalue weighted by molar-refractivity contribution is -0.148. The third-order valence-corrected chi connectivity index (χ3v) is 6.50. The number of aliphatic hydroxyl groups excluding tert-OH is 1. The summed E-state index contributed by atoms with van der Waals surface area (Å²) < 4.78 is 141. The third-order valence-electron chi connectivity index (χ3n) is 6.50. The molecule has 3 aromatic heterocycles. The van der Waals surface area contributed by atoms with Crippen molar-refractivity contribution in [1.82, 2.24) is 29.7 Å². The molecule has 0 spiro atoms. The van der Waals surface area contributed by atoms with Gasteiger partial charge in [0.25, 0.3) is 11.4 Å². The van der Waals surface area contributed by atoms with E-state index in [0.29, 0.717) is 18.6 Å². The number of hydrogen-bond donors (Lipinski definition) is 2. The van der Waals surface area contributed by atoms with Crippen molar-refractivity contribution >= 4 is 17.6 Å². The lowest BCUT2D eigenvalue weighted by Gasteiger charge is -2.38. The Hall–Kier alpha value is -4.54. The van der Waals surface area contributed by atoms with Crippen LogP contribution in [0.1, 0.15) is 24.5 Å². The minimum atomic E-state index is -5.21. The summed E-state index contributed by atoms with van der Waals surface area (Å²) in [6.07, 6.45) is -14.6. The highest BCUT2D eigenvalue weighted by molar-refractivity contribution is 5.50. The molecule has 2 N–H and O–H groups in total. The normalized spacial score (nSPS) is 16.6. The Labute approximate surface area is 263 Å². The van der Waals surface area contributed by atoms with Crippen LogP contribution in [0.3, 0.4) is 0 Å². The maximum Gasteiger partial charge on any atom is 0.423 e. The Bertz CT molecular complexity index is 1600. The minimum absolute atomic E-state index is 0.0132. The Kier molecular flexibility index (Phi) is 10.8. The number of alkyl halides is 9. The molecule has 0 saturated carbocycles. The van der Waals surface area contributed by atoms with Crippen LogP contribution >= 0.6 is 0 Å². The van der Waals surface area contributed by atoms with Crippen molar-refractivity contribution in [2.45, 2.75) is 50.9 Å². The molecule has 1 aliphatic heterocycles. The number of ether oxygens (including phenoxy) is 2. The van der Waals surface area contributed by atoms with Crippen LogP contribution in [0.25, 0.3) is 0 Å². The van der Waals surface area contributed by atoms with E-state index in [1.54, 1.807) is 0 Å². The highest BCUT2D eigenvalue weighted by atomic mass is 19.4. The monoisotopic (exact) mass is 705 g/mol. The van der Waals surface area contributed by atoms with Crippen LogP contribution < -0.4 is 25.4 Å². The van der Waals surface area contributed by atoms with Gasteiger partial charge in [-0.2, -0.15) is 54.0 Å². The van der Waals surface area contributed by atoms with Crippen LogP contribution in [0.5, 0.6) is 5.88 Å². The van der Waals surface area contributed by atoms with Gasteiger partial charge in [0.2, 0.25) is 17.7 Å². The SMILES string of the molecule is C[C@@H](COc1nc(N2CCN(c3ncc(C(F)(F)F)cn3)C[C@@H]2O)ncc1F)Nc1cnn(COCCC(F)(F)F)c(=O)c1C(F)(F)F. The number of aliphatic hydroxyl groups is 1. The lowest BCUT2D eigenvalue weighted by atomic mass is 10.2. The van der Waals surface area contributed by atoms with Gasteiger partial charge in [0.05, 0.1) is 49.3 Å². The number of nitrogens with zero attached hydrogens (tertiary/aromatic N) is 8. The molecule has 48 heavy (non-hydrogen) atoms. The molecule has 264 valence electrons. The maximum atomic E-state index is 14.5. The molecule has 0 aromatic carbocycles. The van der Waals surface area contributed by atoms with E-state index in [4.69, 9.17) is 4.74 Å². The molecule has 1 saturated heterocycles. The number of nitrogens with one attached hydrogen (secondary N) is 1. The number of piperazine rings is 1. The van der Waals surface area contributed by atoms with Crippen molar-refractivity contribution in [3.8, 4) is 5.88 Å². The summed E-state index contributed by atoms with van der Waals surface area (Å²) in [6.45, 7) is -1.21. The second kappa shape index (κ2) is 14.3. The summed E-state index contributed by atoms with van der Waals surface area (Å²) in [5.74, 6) is -2.00. The van der Waals surface area contributed by atoms with Crippen molar-refractivity contribution in [3.05, 3.63) is 52.1 Å². The zero-order chi connectivity index (χ0) is 35.4.